The van der Waals surface area contributed by atoms with Crippen molar-refractivity contribution in [3.8, 4) is 5.75 Å². The third kappa shape index (κ3) is 2.68. The summed E-state index contributed by atoms with van der Waals surface area (Å²) in [5, 5.41) is 0.261. The standard InChI is InChI=1S/C12H10ClNO5/c1-18-7-2-3-8(9(13)6-7)12(17)19-14-10(15)4-5-11(14)16/h2-3,6H,4-5H2,1H3/i1D3. The Labute approximate surface area is 118 Å². The number of hydroxylamine groups is 2. The van der Waals surface area contributed by atoms with Crippen molar-refractivity contribution < 1.29 is 28.1 Å². The first kappa shape index (κ1) is 9.80. The summed E-state index contributed by atoms with van der Waals surface area (Å²) in [6.07, 6.45) is -0.0452. The summed E-state index contributed by atoms with van der Waals surface area (Å²) in [6.45, 7) is 0. The van der Waals surface area contributed by atoms with Gasteiger partial charge in [-0.15, -0.1) is 5.06 Å². The van der Waals surface area contributed by atoms with Gasteiger partial charge in [-0.3, -0.25) is 9.59 Å². The Bertz CT molecular complexity index is 630. The highest BCUT2D eigenvalue weighted by atomic mass is 35.5. The second kappa shape index (κ2) is 5.27. The molecule has 2 amide bonds. The van der Waals surface area contributed by atoms with Gasteiger partial charge >= 0.3 is 5.97 Å². The highest BCUT2D eigenvalue weighted by Gasteiger charge is 2.33. The lowest BCUT2D eigenvalue weighted by Gasteiger charge is -2.13. The molecule has 0 N–H and O–H groups in total. The molecule has 0 aromatic heterocycles. The molecule has 0 spiro atoms. The van der Waals surface area contributed by atoms with Crippen LogP contribution in [0.2, 0.25) is 5.02 Å². The maximum absolute atomic E-state index is 11.9. The highest BCUT2D eigenvalue weighted by molar-refractivity contribution is 6.33. The van der Waals surface area contributed by atoms with Crippen LogP contribution in [-0.4, -0.2) is 29.9 Å². The first-order valence-electron chi connectivity index (χ1n) is 6.74. The van der Waals surface area contributed by atoms with E-state index in [4.69, 9.17) is 20.6 Å². The van der Waals surface area contributed by atoms with E-state index in [1.807, 2.05) is 0 Å². The van der Waals surface area contributed by atoms with Gasteiger partial charge in [0.1, 0.15) is 5.75 Å². The zero-order valence-electron chi connectivity index (χ0n) is 12.5. The molecule has 1 heterocycles. The molecule has 19 heavy (non-hydrogen) atoms. The van der Waals surface area contributed by atoms with Crippen LogP contribution in [0.3, 0.4) is 0 Å². The fourth-order valence-electron chi connectivity index (χ4n) is 1.51. The van der Waals surface area contributed by atoms with Crippen molar-refractivity contribution in [2.24, 2.45) is 0 Å². The van der Waals surface area contributed by atoms with Crippen LogP contribution in [0.25, 0.3) is 0 Å². The molecule has 1 aliphatic rings. The Morgan fingerprint density at radius 3 is 2.63 bits per heavy atom. The third-order valence-corrected chi connectivity index (χ3v) is 2.77. The lowest BCUT2D eigenvalue weighted by molar-refractivity contribution is -0.172. The quantitative estimate of drug-likeness (QED) is 0.789. The molecule has 1 saturated heterocycles. The van der Waals surface area contributed by atoms with E-state index < -0.39 is 24.8 Å². The second-order valence-electron chi connectivity index (χ2n) is 3.70. The molecule has 1 aliphatic heterocycles. The Kier molecular flexibility index (Phi) is 2.72. The lowest BCUT2D eigenvalue weighted by Crippen LogP contribution is -2.32. The van der Waals surface area contributed by atoms with Crippen LogP contribution in [0, 0.1) is 0 Å². The van der Waals surface area contributed by atoms with Crippen molar-refractivity contribution in [2.75, 3.05) is 7.04 Å². The van der Waals surface area contributed by atoms with Crippen LogP contribution in [0.5, 0.6) is 5.75 Å². The van der Waals surface area contributed by atoms with E-state index in [1.165, 1.54) is 12.1 Å². The molecule has 0 unspecified atom stereocenters. The van der Waals surface area contributed by atoms with Crippen molar-refractivity contribution in [1.82, 2.24) is 5.06 Å². The Morgan fingerprint density at radius 1 is 1.37 bits per heavy atom. The Morgan fingerprint density at radius 2 is 2.05 bits per heavy atom. The summed E-state index contributed by atoms with van der Waals surface area (Å²) < 4.78 is 25.5. The molecule has 0 saturated carbocycles. The normalized spacial score (nSPS) is 17.7. The number of methoxy groups -OCH3 is 1. The average Bonchev–Trinajstić information content (AvgIpc) is 2.68. The molecule has 1 aromatic rings. The molecule has 0 radical (unpaired) electrons. The van der Waals surface area contributed by atoms with Crippen LogP contribution in [0.1, 0.15) is 27.3 Å². The number of rotatable bonds is 3. The van der Waals surface area contributed by atoms with Gasteiger partial charge in [0.2, 0.25) is 0 Å². The zero-order valence-corrected chi connectivity index (χ0v) is 10.3. The average molecular weight is 287 g/mol. The molecular weight excluding hydrogens is 274 g/mol. The largest absolute Gasteiger partial charge is 0.497 e. The molecule has 2 rings (SSSR count). The van der Waals surface area contributed by atoms with E-state index in [-0.39, 0.29) is 29.2 Å². The maximum Gasteiger partial charge on any atom is 0.365 e. The predicted octanol–water partition coefficient (Wildman–Crippen LogP) is 1.57. The molecule has 0 atom stereocenters. The molecule has 0 bridgehead atoms. The summed E-state index contributed by atoms with van der Waals surface area (Å²) in [7, 11) is -2.65. The molecule has 100 valence electrons. The first-order chi connectivity index (χ1) is 10.2. The minimum Gasteiger partial charge on any atom is -0.497 e. The molecule has 1 aromatic carbocycles. The number of imide groups is 1. The number of hydrogen-bond donors (Lipinski definition) is 0. The van der Waals surface area contributed by atoms with Crippen molar-refractivity contribution in [3.63, 3.8) is 0 Å². The Balaban J connectivity index is 2.13. The van der Waals surface area contributed by atoms with Crippen LogP contribution in [0.4, 0.5) is 0 Å². The van der Waals surface area contributed by atoms with E-state index >= 15 is 0 Å². The summed E-state index contributed by atoms with van der Waals surface area (Å²) in [6, 6.07) is 3.51. The van der Waals surface area contributed by atoms with E-state index in [2.05, 4.69) is 4.74 Å². The lowest BCUT2D eigenvalue weighted by atomic mass is 10.2. The van der Waals surface area contributed by atoms with Gasteiger partial charge in [-0.1, -0.05) is 11.6 Å². The van der Waals surface area contributed by atoms with Crippen molar-refractivity contribution >= 4 is 29.4 Å². The number of benzene rings is 1. The smallest absolute Gasteiger partial charge is 0.365 e. The first-order valence-corrected chi connectivity index (χ1v) is 5.62. The number of amides is 2. The minimum atomic E-state index is -2.65. The number of ether oxygens (including phenoxy) is 1. The van der Waals surface area contributed by atoms with Gasteiger partial charge in [0.25, 0.3) is 11.8 Å². The number of halogens is 1. The predicted molar refractivity (Wildman–Crippen MR) is 64.5 cm³/mol. The van der Waals surface area contributed by atoms with E-state index in [9.17, 15) is 14.4 Å². The summed E-state index contributed by atoms with van der Waals surface area (Å²) in [5.74, 6) is -2.29. The Hall–Kier alpha value is -2.08. The molecule has 0 aliphatic carbocycles. The van der Waals surface area contributed by atoms with E-state index in [0.29, 0.717) is 5.06 Å². The van der Waals surface area contributed by atoms with Crippen LogP contribution in [-0.2, 0) is 14.4 Å². The van der Waals surface area contributed by atoms with Crippen molar-refractivity contribution in [3.05, 3.63) is 28.8 Å². The summed E-state index contributed by atoms with van der Waals surface area (Å²) in [4.78, 5) is 39.3. The topological polar surface area (TPSA) is 72.9 Å². The zero-order chi connectivity index (χ0) is 16.5. The molecular formula is C12H10ClNO5. The summed E-state index contributed by atoms with van der Waals surface area (Å²) >= 11 is 5.86. The number of hydrogen-bond acceptors (Lipinski definition) is 5. The fourth-order valence-corrected chi connectivity index (χ4v) is 1.76. The number of carbonyl (C=O) groups excluding carboxylic acids is 3. The third-order valence-electron chi connectivity index (χ3n) is 2.46. The fraction of sp³-hybridized carbons (Fsp3) is 0.250. The van der Waals surface area contributed by atoms with Gasteiger partial charge in [-0.25, -0.2) is 4.79 Å². The summed E-state index contributed by atoms with van der Waals surface area (Å²) in [5.41, 5.74) is -0.132. The van der Waals surface area contributed by atoms with E-state index in [0.717, 1.165) is 6.07 Å². The van der Waals surface area contributed by atoms with Crippen molar-refractivity contribution in [2.45, 2.75) is 12.8 Å². The second-order valence-corrected chi connectivity index (χ2v) is 4.11. The SMILES string of the molecule is [2H]C([2H])([2H])Oc1ccc(C(=O)ON2C(=O)CCC2=O)c(Cl)c1. The van der Waals surface area contributed by atoms with Crippen LogP contribution < -0.4 is 4.74 Å². The van der Waals surface area contributed by atoms with Crippen LogP contribution >= 0.6 is 11.6 Å². The number of carbonyl (C=O) groups is 3. The van der Waals surface area contributed by atoms with Crippen molar-refractivity contribution in [1.29, 1.82) is 0 Å². The molecule has 7 heteroatoms. The number of nitrogens with zero attached hydrogens (tertiary/aromatic N) is 1. The minimum absolute atomic E-state index is 0.0226. The van der Waals surface area contributed by atoms with Gasteiger partial charge in [0.05, 0.1) is 21.7 Å². The van der Waals surface area contributed by atoms with Gasteiger partial charge in [0, 0.05) is 12.8 Å². The van der Waals surface area contributed by atoms with Gasteiger partial charge in [0.15, 0.2) is 0 Å². The van der Waals surface area contributed by atoms with E-state index in [1.54, 1.807) is 0 Å². The highest BCUT2D eigenvalue weighted by Crippen LogP contribution is 2.24. The van der Waals surface area contributed by atoms with Gasteiger partial charge < -0.3 is 9.57 Å². The van der Waals surface area contributed by atoms with Crippen LogP contribution in [0.15, 0.2) is 18.2 Å². The molecule has 6 nitrogen and oxygen atoms in total. The van der Waals surface area contributed by atoms with Gasteiger partial charge in [-0.2, -0.15) is 0 Å². The maximum atomic E-state index is 11.9. The van der Waals surface area contributed by atoms with Gasteiger partial charge in [-0.05, 0) is 18.2 Å². The monoisotopic (exact) mass is 286 g/mol. The molecule has 1 fully saturated rings.